The molecule has 58 valence electrons. The SMILES string of the molecule is Br[C@@H]1OCCc2ccccc21. The highest BCUT2D eigenvalue weighted by atomic mass is 79.9. The summed E-state index contributed by atoms with van der Waals surface area (Å²) in [5, 5.41) is 0.104. The molecule has 0 saturated carbocycles. The van der Waals surface area contributed by atoms with Gasteiger partial charge >= 0.3 is 0 Å². The highest BCUT2D eigenvalue weighted by Crippen LogP contribution is 2.30. The molecule has 1 aromatic rings. The second kappa shape index (κ2) is 2.95. The summed E-state index contributed by atoms with van der Waals surface area (Å²) in [6, 6.07) is 8.38. The smallest absolute Gasteiger partial charge is 0.137 e. The van der Waals surface area contributed by atoms with Gasteiger partial charge in [0.25, 0.3) is 0 Å². The number of hydrogen-bond acceptors (Lipinski definition) is 1. The highest BCUT2D eigenvalue weighted by Gasteiger charge is 2.16. The molecule has 1 aromatic carbocycles. The van der Waals surface area contributed by atoms with Crippen LogP contribution < -0.4 is 0 Å². The largest absolute Gasteiger partial charge is 0.362 e. The first-order chi connectivity index (χ1) is 5.38. The molecule has 1 aliphatic rings. The molecule has 1 heterocycles. The summed E-state index contributed by atoms with van der Waals surface area (Å²) in [7, 11) is 0. The molecule has 0 saturated heterocycles. The Hall–Kier alpha value is -0.340. The summed E-state index contributed by atoms with van der Waals surface area (Å²) in [6.07, 6.45) is 1.04. The minimum absolute atomic E-state index is 0.104. The number of hydrogen-bond donors (Lipinski definition) is 0. The Morgan fingerprint density at radius 2 is 2.18 bits per heavy atom. The molecule has 0 N–H and O–H groups in total. The zero-order valence-corrected chi connectivity index (χ0v) is 7.67. The molecule has 1 aliphatic heterocycles. The van der Waals surface area contributed by atoms with Gasteiger partial charge in [0.15, 0.2) is 0 Å². The van der Waals surface area contributed by atoms with Crippen molar-refractivity contribution in [2.75, 3.05) is 6.61 Å². The van der Waals surface area contributed by atoms with E-state index in [4.69, 9.17) is 4.74 Å². The molecule has 0 fully saturated rings. The van der Waals surface area contributed by atoms with Crippen molar-refractivity contribution in [1.82, 2.24) is 0 Å². The topological polar surface area (TPSA) is 9.23 Å². The van der Waals surface area contributed by atoms with Crippen LogP contribution in [0.15, 0.2) is 24.3 Å². The summed E-state index contributed by atoms with van der Waals surface area (Å²) in [4.78, 5) is 0. The van der Waals surface area contributed by atoms with E-state index in [2.05, 4.69) is 34.1 Å². The summed E-state index contributed by atoms with van der Waals surface area (Å²) in [5.74, 6) is 0. The lowest BCUT2D eigenvalue weighted by atomic mass is 10.0. The average molecular weight is 213 g/mol. The molecule has 0 spiro atoms. The maximum absolute atomic E-state index is 5.42. The number of benzene rings is 1. The molecule has 0 radical (unpaired) electrons. The maximum Gasteiger partial charge on any atom is 0.137 e. The minimum Gasteiger partial charge on any atom is -0.362 e. The van der Waals surface area contributed by atoms with Crippen LogP contribution in [0.3, 0.4) is 0 Å². The molecule has 0 amide bonds. The third-order valence-electron chi connectivity index (χ3n) is 1.94. The van der Waals surface area contributed by atoms with Crippen LogP contribution in [0, 0.1) is 0 Å². The summed E-state index contributed by atoms with van der Waals surface area (Å²) >= 11 is 3.46. The lowest BCUT2D eigenvalue weighted by Gasteiger charge is -2.20. The van der Waals surface area contributed by atoms with Crippen LogP contribution in [0.2, 0.25) is 0 Å². The van der Waals surface area contributed by atoms with Crippen molar-refractivity contribution < 1.29 is 4.74 Å². The van der Waals surface area contributed by atoms with Crippen molar-refractivity contribution in [3.8, 4) is 0 Å². The number of fused-ring (bicyclic) bond motifs is 1. The summed E-state index contributed by atoms with van der Waals surface area (Å²) < 4.78 is 5.42. The van der Waals surface area contributed by atoms with Crippen molar-refractivity contribution in [3.05, 3.63) is 35.4 Å². The normalized spacial score (nSPS) is 22.8. The molecule has 2 heteroatoms. The lowest BCUT2D eigenvalue weighted by Crippen LogP contribution is -2.11. The first-order valence-corrected chi connectivity index (χ1v) is 4.63. The first-order valence-electron chi connectivity index (χ1n) is 3.71. The predicted octanol–water partition coefficient (Wildman–Crippen LogP) is 2.65. The third kappa shape index (κ3) is 1.33. The molecule has 1 nitrogen and oxygen atoms in total. The average Bonchev–Trinajstić information content (AvgIpc) is 2.06. The number of ether oxygens (including phenoxy) is 1. The Morgan fingerprint density at radius 3 is 3.00 bits per heavy atom. The zero-order chi connectivity index (χ0) is 7.68. The van der Waals surface area contributed by atoms with Crippen LogP contribution in [0.4, 0.5) is 0 Å². The van der Waals surface area contributed by atoms with E-state index in [0.717, 1.165) is 13.0 Å². The fourth-order valence-corrected chi connectivity index (χ4v) is 1.98. The van der Waals surface area contributed by atoms with Crippen molar-refractivity contribution >= 4 is 15.9 Å². The molecule has 0 aromatic heterocycles. The van der Waals surface area contributed by atoms with Gasteiger partial charge in [0.05, 0.1) is 6.61 Å². The van der Waals surface area contributed by atoms with Gasteiger partial charge < -0.3 is 4.74 Å². The van der Waals surface area contributed by atoms with Crippen LogP contribution in [-0.2, 0) is 11.2 Å². The van der Waals surface area contributed by atoms with Crippen LogP contribution in [-0.4, -0.2) is 6.61 Å². The van der Waals surface area contributed by atoms with Crippen LogP contribution in [0.1, 0.15) is 16.1 Å². The van der Waals surface area contributed by atoms with E-state index in [1.807, 2.05) is 6.07 Å². The van der Waals surface area contributed by atoms with E-state index in [9.17, 15) is 0 Å². The molecular weight excluding hydrogens is 204 g/mol. The van der Waals surface area contributed by atoms with E-state index in [0.29, 0.717) is 0 Å². The quantitative estimate of drug-likeness (QED) is 0.602. The molecule has 11 heavy (non-hydrogen) atoms. The van der Waals surface area contributed by atoms with Gasteiger partial charge in [0, 0.05) is 0 Å². The lowest BCUT2D eigenvalue weighted by molar-refractivity contribution is 0.108. The molecule has 2 rings (SSSR count). The molecular formula is C9H9BrO. The Kier molecular flexibility index (Phi) is 1.96. The second-order valence-corrected chi connectivity index (χ2v) is 3.47. The van der Waals surface area contributed by atoms with Gasteiger partial charge in [0.2, 0.25) is 0 Å². The molecule has 0 bridgehead atoms. The Labute approximate surface area is 74.5 Å². The maximum atomic E-state index is 5.42. The van der Waals surface area contributed by atoms with E-state index in [1.54, 1.807) is 0 Å². The monoisotopic (exact) mass is 212 g/mol. The number of alkyl halides is 1. The third-order valence-corrected chi connectivity index (χ3v) is 2.69. The van der Waals surface area contributed by atoms with Gasteiger partial charge in [-0.05, 0) is 17.5 Å². The zero-order valence-electron chi connectivity index (χ0n) is 6.09. The fraction of sp³-hybridized carbons (Fsp3) is 0.333. The van der Waals surface area contributed by atoms with Crippen molar-refractivity contribution in [3.63, 3.8) is 0 Å². The molecule has 1 atom stereocenters. The van der Waals surface area contributed by atoms with Gasteiger partial charge in [0.1, 0.15) is 5.01 Å². The number of halogens is 1. The Balaban J connectivity index is 2.44. The summed E-state index contributed by atoms with van der Waals surface area (Å²) in [5.41, 5.74) is 2.68. The predicted molar refractivity (Wildman–Crippen MR) is 47.8 cm³/mol. The summed E-state index contributed by atoms with van der Waals surface area (Å²) in [6.45, 7) is 0.826. The van der Waals surface area contributed by atoms with Crippen molar-refractivity contribution in [2.24, 2.45) is 0 Å². The first kappa shape index (κ1) is 7.32. The van der Waals surface area contributed by atoms with Gasteiger partial charge in [-0.25, -0.2) is 0 Å². The number of rotatable bonds is 0. The minimum atomic E-state index is 0.104. The van der Waals surface area contributed by atoms with Gasteiger partial charge in [-0.1, -0.05) is 40.2 Å². The Bertz CT molecular complexity index is 259. The van der Waals surface area contributed by atoms with Crippen LogP contribution in [0.25, 0.3) is 0 Å². The van der Waals surface area contributed by atoms with Gasteiger partial charge in [-0.15, -0.1) is 0 Å². The van der Waals surface area contributed by atoms with Crippen molar-refractivity contribution in [2.45, 2.75) is 11.4 Å². The Morgan fingerprint density at radius 1 is 1.36 bits per heavy atom. The van der Waals surface area contributed by atoms with E-state index < -0.39 is 0 Å². The van der Waals surface area contributed by atoms with Crippen molar-refractivity contribution in [1.29, 1.82) is 0 Å². The second-order valence-electron chi connectivity index (χ2n) is 2.64. The van der Waals surface area contributed by atoms with E-state index in [1.165, 1.54) is 11.1 Å². The van der Waals surface area contributed by atoms with E-state index in [-0.39, 0.29) is 5.01 Å². The van der Waals surface area contributed by atoms with Gasteiger partial charge in [-0.3, -0.25) is 0 Å². The molecule has 0 unspecified atom stereocenters. The van der Waals surface area contributed by atoms with Crippen LogP contribution >= 0.6 is 15.9 Å². The standard InChI is InChI=1S/C9H9BrO/c10-9-8-4-2-1-3-7(8)5-6-11-9/h1-4,9H,5-6H2/t9-/m1/s1. The molecule has 0 aliphatic carbocycles. The fourth-order valence-electron chi connectivity index (χ4n) is 1.35. The van der Waals surface area contributed by atoms with E-state index >= 15 is 0 Å². The van der Waals surface area contributed by atoms with Crippen LogP contribution in [0.5, 0.6) is 0 Å². The van der Waals surface area contributed by atoms with Gasteiger partial charge in [-0.2, -0.15) is 0 Å². The highest BCUT2D eigenvalue weighted by molar-refractivity contribution is 9.09.